The van der Waals surface area contributed by atoms with Crippen LogP contribution in [0.2, 0.25) is 0 Å². The smallest absolute Gasteiger partial charge is 0.408 e. The van der Waals surface area contributed by atoms with Gasteiger partial charge in [-0.15, -0.1) is 5.73 Å². The molecule has 0 aliphatic rings. The van der Waals surface area contributed by atoms with Gasteiger partial charge < -0.3 is 19.1 Å². The van der Waals surface area contributed by atoms with Crippen LogP contribution in [-0.4, -0.2) is 25.9 Å². The molecule has 2 rings (SSSR count). The van der Waals surface area contributed by atoms with E-state index in [0.29, 0.717) is 17.3 Å². The molecular weight excluding hydrogens is 449 g/mol. The van der Waals surface area contributed by atoms with Gasteiger partial charge in [0.15, 0.2) is 0 Å². The van der Waals surface area contributed by atoms with E-state index in [0.717, 1.165) is 24.0 Å². The van der Waals surface area contributed by atoms with Crippen molar-refractivity contribution in [3.05, 3.63) is 83.1 Å². The molecule has 2 aromatic rings. The maximum atomic E-state index is 13.6. The van der Waals surface area contributed by atoms with Crippen molar-refractivity contribution in [3.63, 3.8) is 0 Å². The Hall–Kier alpha value is -2.62. The highest BCUT2D eigenvalue weighted by Gasteiger charge is 2.30. The molecule has 0 bridgehead atoms. The maximum Gasteiger partial charge on any atom is 0.408 e. The van der Waals surface area contributed by atoms with Gasteiger partial charge in [-0.2, -0.15) is 0 Å². The molecule has 0 saturated carbocycles. The molecule has 0 saturated heterocycles. The Balaban J connectivity index is 2.78. The maximum absolute atomic E-state index is 13.6. The first-order valence-corrected chi connectivity index (χ1v) is 13.0. The molecule has 1 N–H and O–H groups in total. The van der Waals surface area contributed by atoms with E-state index in [4.69, 9.17) is 13.8 Å². The predicted molar refractivity (Wildman–Crippen MR) is 137 cm³/mol. The second-order valence-electron chi connectivity index (χ2n) is 8.82. The summed E-state index contributed by atoms with van der Waals surface area (Å²) in [5.74, 6) is 0. The summed E-state index contributed by atoms with van der Waals surface area (Å²) in [6, 6.07) is 18.3. The van der Waals surface area contributed by atoms with Crippen molar-refractivity contribution in [2.45, 2.75) is 58.6 Å². The van der Waals surface area contributed by atoms with Crippen molar-refractivity contribution in [1.29, 1.82) is 0 Å². The van der Waals surface area contributed by atoms with Crippen molar-refractivity contribution in [3.8, 4) is 0 Å². The summed E-state index contributed by atoms with van der Waals surface area (Å²) >= 11 is 0. The summed E-state index contributed by atoms with van der Waals surface area (Å²) < 4.78 is 29.8. The van der Waals surface area contributed by atoms with Crippen molar-refractivity contribution in [2.75, 3.05) is 14.2 Å². The van der Waals surface area contributed by atoms with Gasteiger partial charge in [-0.05, 0) is 50.3 Å². The van der Waals surface area contributed by atoms with E-state index in [9.17, 15) is 9.36 Å². The minimum Gasteiger partial charge on any atom is -0.444 e. The lowest BCUT2D eigenvalue weighted by Gasteiger charge is -2.25. The Labute approximate surface area is 203 Å². The van der Waals surface area contributed by atoms with Gasteiger partial charge in [0.25, 0.3) is 0 Å². The number of unbranched alkanes of at least 4 members (excludes halogenated alkanes) is 1. The largest absolute Gasteiger partial charge is 0.444 e. The number of carbonyl (C=O) groups excluding carboxylic acids is 1. The zero-order valence-electron chi connectivity index (χ0n) is 21.0. The Morgan fingerprint density at radius 2 is 1.56 bits per heavy atom. The molecule has 7 heteroatoms. The molecule has 184 valence electrons. The molecule has 6 nitrogen and oxygen atoms in total. The normalized spacial score (nSPS) is 12.4. The number of amides is 1. The van der Waals surface area contributed by atoms with Crippen molar-refractivity contribution in [1.82, 2.24) is 5.32 Å². The SMILES string of the molecule is CCCCC(=C=C(c1ccccc1)P(=O)(OC)OC)C(NC(=O)OC(C)(C)C)c1ccccc1. The molecule has 1 atom stereocenters. The lowest BCUT2D eigenvalue weighted by molar-refractivity contribution is 0.0510. The highest BCUT2D eigenvalue weighted by atomic mass is 31.2. The fourth-order valence-electron chi connectivity index (χ4n) is 3.39. The summed E-state index contributed by atoms with van der Waals surface area (Å²) in [6.07, 6.45) is 1.87. The van der Waals surface area contributed by atoms with Crippen LogP contribution in [-0.2, 0) is 18.3 Å². The quantitative estimate of drug-likeness (QED) is 0.279. The van der Waals surface area contributed by atoms with E-state index in [-0.39, 0.29) is 0 Å². The van der Waals surface area contributed by atoms with Gasteiger partial charge >= 0.3 is 13.7 Å². The second-order valence-corrected chi connectivity index (χ2v) is 11.0. The van der Waals surface area contributed by atoms with Crippen molar-refractivity contribution in [2.24, 2.45) is 0 Å². The van der Waals surface area contributed by atoms with Gasteiger partial charge in [-0.3, -0.25) is 4.57 Å². The zero-order valence-corrected chi connectivity index (χ0v) is 21.9. The number of carbonyl (C=O) groups is 1. The summed E-state index contributed by atoms with van der Waals surface area (Å²) in [6.45, 7) is 7.55. The Morgan fingerprint density at radius 3 is 2.06 bits per heavy atom. The molecule has 1 unspecified atom stereocenters. The topological polar surface area (TPSA) is 73.9 Å². The summed E-state index contributed by atoms with van der Waals surface area (Å²) in [5, 5.41) is 3.31. The number of hydrogen-bond donors (Lipinski definition) is 1. The fraction of sp³-hybridized carbons (Fsp3) is 0.407. The fourth-order valence-corrected chi connectivity index (χ4v) is 4.65. The third-order valence-corrected chi connectivity index (χ3v) is 6.90. The molecule has 0 aliphatic carbocycles. The van der Waals surface area contributed by atoms with Crippen LogP contribution in [0.25, 0.3) is 5.31 Å². The second kappa shape index (κ2) is 12.7. The number of rotatable bonds is 10. The Bertz CT molecular complexity index is 1030. The lowest BCUT2D eigenvalue weighted by Crippen LogP contribution is -2.35. The van der Waals surface area contributed by atoms with E-state index >= 15 is 0 Å². The Kier molecular flexibility index (Phi) is 10.3. The molecule has 0 fully saturated rings. The van der Waals surface area contributed by atoms with Gasteiger partial charge in [0.2, 0.25) is 0 Å². The first kappa shape index (κ1) is 27.6. The molecule has 1 amide bonds. The molecule has 0 heterocycles. The average molecular weight is 486 g/mol. The van der Waals surface area contributed by atoms with Crippen LogP contribution < -0.4 is 5.32 Å². The van der Waals surface area contributed by atoms with Gasteiger partial charge in [-0.1, -0.05) is 74.0 Å². The molecule has 0 aromatic heterocycles. The zero-order chi connectivity index (χ0) is 25.2. The molecule has 0 aliphatic heterocycles. The minimum atomic E-state index is -3.66. The van der Waals surface area contributed by atoms with Crippen molar-refractivity contribution < 1.29 is 23.1 Å². The van der Waals surface area contributed by atoms with Crippen LogP contribution >= 0.6 is 7.60 Å². The highest BCUT2D eigenvalue weighted by Crippen LogP contribution is 2.59. The van der Waals surface area contributed by atoms with Crippen LogP contribution in [0.3, 0.4) is 0 Å². The van der Waals surface area contributed by atoms with Gasteiger partial charge in [0, 0.05) is 14.2 Å². The minimum absolute atomic E-state index is 0.316. The van der Waals surface area contributed by atoms with Crippen LogP contribution in [0.4, 0.5) is 4.79 Å². The third kappa shape index (κ3) is 8.00. The molecule has 34 heavy (non-hydrogen) atoms. The number of hydrogen-bond acceptors (Lipinski definition) is 5. The monoisotopic (exact) mass is 485 g/mol. The summed E-state index contributed by atoms with van der Waals surface area (Å²) in [5.41, 5.74) is 5.01. The number of alkyl carbamates (subject to hydrolysis) is 1. The third-order valence-electron chi connectivity index (χ3n) is 5.02. The Morgan fingerprint density at radius 1 is 1.00 bits per heavy atom. The van der Waals surface area contributed by atoms with Crippen molar-refractivity contribution >= 4 is 19.0 Å². The van der Waals surface area contributed by atoms with E-state index in [1.54, 1.807) is 0 Å². The van der Waals surface area contributed by atoms with E-state index in [1.165, 1.54) is 14.2 Å². The number of benzene rings is 2. The first-order chi connectivity index (χ1) is 16.1. The molecule has 2 aromatic carbocycles. The number of nitrogens with one attached hydrogen (secondary N) is 1. The van der Waals surface area contributed by atoms with E-state index < -0.39 is 25.3 Å². The summed E-state index contributed by atoms with van der Waals surface area (Å²) in [4.78, 5) is 12.8. The molecular formula is C27H36NO5P. The van der Waals surface area contributed by atoms with Crippen LogP contribution in [0.15, 0.2) is 72.0 Å². The van der Waals surface area contributed by atoms with Crippen LogP contribution in [0.1, 0.15) is 64.1 Å². The molecule has 0 spiro atoms. The average Bonchev–Trinajstić information content (AvgIpc) is 2.82. The lowest BCUT2D eigenvalue weighted by atomic mass is 9.95. The van der Waals surface area contributed by atoms with Gasteiger partial charge in [0.05, 0.1) is 6.04 Å². The van der Waals surface area contributed by atoms with Gasteiger partial charge in [-0.25, -0.2) is 4.79 Å². The highest BCUT2D eigenvalue weighted by molar-refractivity contribution is 7.65. The van der Waals surface area contributed by atoms with Crippen LogP contribution in [0.5, 0.6) is 0 Å². The molecule has 0 radical (unpaired) electrons. The van der Waals surface area contributed by atoms with Crippen LogP contribution in [0, 0.1) is 0 Å². The summed E-state index contributed by atoms with van der Waals surface area (Å²) in [7, 11) is -0.947. The van der Waals surface area contributed by atoms with E-state index in [1.807, 2.05) is 81.4 Å². The predicted octanol–water partition coefficient (Wildman–Crippen LogP) is 7.49. The number of ether oxygens (including phenoxy) is 1. The first-order valence-electron chi connectivity index (χ1n) is 11.4. The standard InChI is InChI=1S/C27H36NO5P/c1-7-8-15-23(20-24(34(30,31-5)32-6)21-16-11-9-12-17-21)25(22-18-13-10-14-19-22)28-26(29)33-27(2,3)4/h9-14,16-19,25H,7-8,15H2,1-6H3,(H,28,29). The van der Waals surface area contributed by atoms with Gasteiger partial charge in [0.1, 0.15) is 10.9 Å². The van der Waals surface area contributed by atoms with E-state index in [2.05, 4.69) is 18.0 Å².